The van der Waals surface area contributed by atoms with Gasteiger partial charge in [0.25, 0.3) is 0 Å². The van der Waals surface area contributed by atoms with Crippen molar-refractivity contribution in [2.45, 2.75) is 26.9 Å². The van der Waals surface area contributed by atoms with E-state index >= 15 is 0 Å². The second-order valence-electron chi connectivity index (χ2n) is 5.05. The average molecular weight is 313 g/mol. The van der Waals surface area contributed by atoms with Crippen molar-refractivity contribution in [1.82, 2.24) is 9.13 Å². The maximum atomic E-state index is 9.19. The summed E-state index contributed by atoms with van der Waals surface area (Å²) >= 11 is 0. The Bertz CT molecular complexity index is 616. The van der Waals surface area contributed by atoms with Gasteiger partial charge < -0.3 is 31.5 Å². The molecule has 2 rings (SSSR count). The Labute approximate surface area is 131 Å². The molecule has 0 aliphatic heterocycles. The van der Waals surface area contributed by atoms with E-state index in [0.717, 1.165) is 37.2 Å². The molecule has 5 nitrogen and oxygen atoms in total. The molecule has 118 valence electrons. The molecule has 0 saturated heterocycles. The summed E-state index contributed by atoms with van der Waals surface area (Å²) in [4.78, 5) is 1.54. The molecule has 0 amide bonds. The van der Waals surface area contributed by atoms with Gasteiger partial charge in [-0.25, -0.2) is 0 Å². The van der Waals surface area contributed by atoms with Crippen molar-refractivity contribution in [1.29, 1.82) is 5.41 Å². The van der Waals surface area contributed by atoms with Crippen molar-refractivity contribution in [3.63, 3.8) is 0 Å². The number of quaternary nitrogens is 1. The Morgan fingerprint density at radius 2 is 1.57 bits per heavy atom. The Hall–Kier alpha value is -1.30. The highest BCUT2D eigenvalue weighted by Gasteiger charge is 2.11. The standard InChI is InChI=1S/C15H24N4O.ClH/c1-3-17(4-2)9-10-18-13-7-5-6-8-14(13)19(11-12-20)15(18)16;/h5-8,16,20H,3-4,9-12H2,1-2H3;1H. The highest BCUT2D eigenvalue weighted by Crippen LogP contribution is 2.11. The molecule has 0 aliphatic rings. The lowest BCUT2D eigenvalue weighted by molar-refractivity contribution is -0.897. The summed E-state index contributed by atoms with van der Waals surface area (Å²) in [6, 6.07) is 8.06. The zero-order chi connectivity index (χ0) is 14.5. The van der Waals surface area contributed by atoms with Gasteiger partial charge in [-0.2, -0.15) is 0 Å². The zero-order valence-electron chi connectivity index (χ0n) is 12.8. The third-order valence-corrected chi connectivity index (χ3v) is 3.99. The van der Waals surface area contributed by atoms with Crippen molar-refractivity contribution in [3.05, 3.63) is 29.9 Å². The molecular formula is C15H25ClN4O. The van der Waals surface area contributed by atoms with Gasteiger partial charge in [-0.05, 0) is 26.0 Å². The first-order chi connectivity index (χ1) is 9.72. The lowest BCUT2D eigenvalue weighted by Crippen LogP contribution is -3.11. The summed E-state index contributed by atoms with van der Waals surface area (Å²) < 4.78 is 3.93. The fourth-order valence-corrected chi connectivity index (χ4v) is 2.72. The molecule has 1 aromatic carbocycles. The van der Waals surface area contributed by atoms with Crippen LogP contribution < -0.4 is 22.9 Å². The number of fused-ring (bicyclic) bond motifs is 1. The average Bonchev–Trinajstić information content (AvgIpc) is 2.74. The van der Waals surface area contributed by atoms with Crippen molar-refractivity contribution >= 4 is 11.0 Å². The molecule has 21 heavy (non-hydrogen) atoms. The van der Waals surface area contributed by atoms with Crippen LogP contribution in [0.4, 0.5) is 0 Å². The second kappa shape index (κ2) is 8.22. The molecule has 1 heterocycles. The first-order valence-electron chi connectivity index (χ1n) is 7.40. The number of halogens is 1. The van der Waals surface area contributed by atoms with E-state index in [-0.39, 0.29) is 19.0 Å². The van der Waals surface area contributed by atoms with Crippen molar-refractivity contribution < 1.29 is 22.4 Å². The normalized spacial score (nSPS) is 11.0. The molecule has 0 saturated carbocycles. The molecule has 0 aliphatic carbocycles. The van der Waals surface area contributed by atoms with E-state index in [1.54, 1.807) is 0 Å². The number of likely N-dealkylation sites (N-methyl/N-ethyl adjacent to an activating group) is 1. The molecule has 0 bridgehead atoms. The molecule has 3 N–H and O–H groups in total. The van der Waals surface area contributed by atoms with E-state index in [4.69, 9.17) is 5.41 Å². The summed E-state index contributed by atoms with van der Waals surface area (Å²) in [5.41, 5.74) is 2.59. The van der Waals surface area contributed by atoms with E-state index in [0.29, 0.717) is 12.2 Å². The first kappa shape index (κ1) is 17.8. The fraction of sp³-hybridized carbons (Fsp3) is 0.533. The van der Waals surface area contributed by atoms with Gasteiger partial charge in [0, 0.05) is 6.54 Å². The lowest BCUT2D eigenvalue weighted by Gasteiger charge is -2.15. The maximum absolute atomic E-state index is 9.19. The molecule has 6 heteroatoms. The maximum Gasteiger partial charge on any atom is 0.203 e. The first-order valence-corrected chi connectivity index (χ1v) is 7.40. The largest absolute Gasteiger partial charge is 1.00 e. The van der Waals surface area contributed by atoms with Crippen molar-refractivity contribution in [2.75, 3.05) is 26.2 Å². The molecule has 0 unspecified atom stereocenters. The number of imidazole rings is 1. The lowest BCUT2D eigenvalue weighted by atomic mass is 10.3. The fourth-order valence-electron chi connectivity index (χ4n) is 2.72. The van der Waals surface area contributed by atoms with E-state index in [1.165, 1.54) is 4.90 Å². The Morgan fingerprint density at radius 3 is 2.05 bits per heavy atom. The predicted molar refractivity (Wildman–Crippen MR) is 79.8 cm³/mol. The van der Waals surface area contributed by atoms with Crippen LogP contribution in [-0.2, 0) is 13.1 Å². The molecule has 0 spiro atoms. The summed E-state index contributed by atoms with van der Waals surface area (Å²) in [6.45, 7) is 9.02. The van der Waals surface area contributed by atoms with E-state index in [2.05, 4.69) is 24.5 Å². The Balaban J connectivity index is 0.00000220. The van der Waals surface area contributed by atoms with Crippen LogP contribution in [0.15, 0.2) is 24.3 Å². The summed E-state index contributed by atoms with van der Waals surface area (Å²) in [5.74, 6) is 0. The molecule has 0 radical (unpaired) electrons. The van der Waals surface area contributed by atoms with Crippen LogP contribution in [0, 0.1) is 5.41 Å². The number of aromatic nitrogens is 2. The van der Waals surface area contributed by atoms with Crippen LogP contribution >= 0.6 is 0 Å². The number of nitrogens with one attached hydrogen (secondary N) is 2. The Morgan fingerprint density at radius 1 is 1.05 bits per heavy atom. The van der Waals surface area contributed by atoms with Gasteiger partial charge >= 0.3 is 0 Å². The SMILES string of the molecule is CC[NH+](CC)CCn1c(=N)n(CCO)c2ccccc21.[Cl-]. The minimum atomic E-state index is 0. The van der Waals surface area contributed by atoms with Gasteiger partial charge in [0.05, 0.1) is 43.8 Å². The monoisotopic (exact) mass is 312 g/mol. The van der Waals surface area contributed by atoms with Gasteiger partial charge in [0.2, 0.25) is 5.62 Å². The molecular weight excluding hydrogens is 288 g/mol. The van der Waals surface area contributed by atoms with Gasteiger partial charge in [-0.3, -0.25) is 5.41 Å². The minimum absolute atomic E-state index is 0. The van der Waals surface area contributed by atoms with Gasteiger partial charge in [0.15, 0.2) is 0 Å². The Kier molecular flexibility index (Phi) is 6.95. The van der Waals surface area contributed by atoms with E-state index in [9.17, 15) is 5.11 Å². The zero-order valence-corrected chi connectivity index (χ0v) is 13.5. The van der Waals surface area contributed by atoms with Gasteiger partial charge in [0.1, 0.15) is 0 Å². The summed E-state index contributed by atoms with van der Waals surface area (Å²) in [6.07, 6.45) is 0. The molecule has 0 atom stereocenters. The predicted octanol–water partition coefficient (Wildman–Crippen LogP) is -3.16. The molecule has 1 aromatic heterocycles. The van der Waals surface area contributed by atoms with Crippen LogP contribution in [0.1, 0.15) is 13.8 Å². The topological polar surface area (TPSA) is 58.4 Å². The molecule has 2 aromatic rings. The van der Waals surface area contributed by atoms with Crippen LogP contribution in [0.25, 0.3) is 11.0 Å². The molecule has 0 fully saturated rings. The van der Waals surface area contributed by atoms with Crippen LogP contribution in [0.5, 0.6) is 0 Å². The smallest absolute Gasteiger partial charge is 0.203 e. The number of nitrogens with zero attached hydrogens (tertiary/aromatic N) is 2. The van der Waals surface area contributed by atoms with E-state index in [1.807, 2.05) is 22.8 Å². The highest BCUT2D eigenvalue weighted by molar-refractivity contribution is 5.75. The van der Waals surface area contributed by atoms with Crippen LogP contribution in [-0.4, -0.2) is 40.5 Å². The number of benzene rings is 1. The van der Waals surface area contributed by atoms with Gasteiger partial charge in [-0.1, -0.05) is 12.1 Å². The number of para-hydroxylation sites is 2. The summed E-state index contributed by atoms with van der Waals surface area (Å²) in [5, 5.41) is 17.5. The van der Waals surface area contributed by atoms with Crippen molar-refractivity contribution in [3.8, 4) is 0 Å². The number of hydrogen-bond acceptors (Lipinski definition) is 2. The number of aliphatic hydroxyl groups is 1. The van der Waals surface area contributed by atoms with Crippen molar-refractivity contribution in [2.24, 2.45) is 0 Å². The quantitative estimate of drug-likeness (QED) is 0.497. The minimum Gasteiger partial charge on any atom is -1.00 e. The van der Waals surface area contributed by atoms with Crippen LogP contribution in [0.3, 0.4) is 0 Å². The third kappa shape index (κ3) is 3.67. The van der Waals surface area contributed by atoms with E-state index < -0.39 is 0 Å². The second-order valence-corrected chi connectivity index (χ2v) is 5.05. The number of rotatable bonds is 7. The number of aliphatic hydroxyl groups excluding tert-OH is 1. The van der Waals surface area contributed by atoms with Gasteiger partial charge in [-0.15, -0.1) is 0 Å². The number of hydrogen-bond donors (Lipinski definition) is 3. The highest BCUT2D eigenvalue weighted by atomic mass is 35.5. The summed E-state index contributed by atoms with van der Waals surface area (Å²) in [7, 11) is 0. The third-order valence-electron chi connectivity index (χ3n) is 3.99. The van der Waals surface area contributed by atoms with Crippen LogP contribution in [0.2, 0.25) is 0 Å².